The number of aromatic nitrogens is 2. The van der Waals surface area contributed by atoms with Crippen LogP contribution in [0.3, 0.4) is 0 Å². The van der Waals surface area contributed by atoms with Gasteiger partial charge < -0.3 is 9.88 Å². The van der Waals surface area contributed by atoms with Crippen molar-refractivity contribution in [3.63, 3.8) is 0 Å². The van der Waals surface area contributed by atoms with Crippen molar-refractivity contribution in [1.82, 2.24) is 9.55 Å². The normalized spacial score (nSPS) is 12.8. The predicted molar refractivity (Wildman–Crippen MR) is 71.8 cm³/mol. The largest absolute Gasteiger partial charge is 0.362 e. The number of alkyl halides is 1. The van der Waals surface area contributed by atoms with E-state index in [1.165, 1.54) is 0 Å². The van der Waals surface area contributed by atoms with Crippen molar-refractivity contribution in [2.24, 2.45) is 5.92 Å². The van der Waals surface area contributed by atoms with Gasteiger partial charge in [-0.1, -0.05) is 13.8 Å². The molecule has 1 unspecified atom stereocenters. The highest BCUT2D eigenvalue weighted by Gasteiger charge is 2.12. The number of nitrogens with zero attached hydrogens (tertiary/aromatic N) is 2. The van der Waals surface area contributed by atoms with E-state index in [9.17, 15) is 4.79 Å². The van der Waals surface area contributed by atoms with Crippen LogP contribution in [0.25, 0.3) is 0 Å². The van der Waals surface area contributed by atoms with E-state index in [-0.39, 0.29) is 11.6 Å². The van der Waals surface area contributed by atoms with E-state index < -0.39 is 0 Å². The van der Waals surface area contributed by atoms with Gasteiger partial charge in [-0.15, -0.1) is 11.6 Å². The van der Waals surface area contributed by atoms with Crippen molar-refractivity contribution < 1.29 is 0 Å². The molecule has 0 aliphatic rings. The summed E-state index contributed by atoms with van der Waals surface area (Å²) in [5, 5.41) is 3.13. The zero-order valence-electron chi connectivity index (χ0n) is 10.6. The summed E-state index contributed by atoms with van der Waals surface area (Å²) < 4.78 is 1.62. The predicted octanol–water partition coefficient (Wildman–Crippen LogP) is 2.33. The Morgan fingerprint density at radius 1 is 1.53 bits per heavy atom. The summed E-state index contributed by atoms with van der Waals surface area (Å²) in [6.07, 6.45) is 4.24. The highest BCUT2D eigenvalue weighted by molar-refractivity contribution is 6.18. The standard InChI is InChI=1S/C12H20ClN3O/c1-4-16-6-5-14-11(12(16)17)15-10(8-13)7-9(2)3/h5-6,9-10H,4,7-8H2,1-3H3,(H,14,15). The van der Waals surface area contributed by atoms with Crippen molar-refractivity contribution in [3.8, 4) is 0 Å². The minimum absolute atomic E-state index is 0.0876. The third-order valence-electron chi connectivity index (χ3n) is 2.54. The summed E-state index contributed by atoms with van der Waals surface area (Å²) >= 11 is 5.89. The van der Waals surface area contributed by atoms with E-state index in [0.29, 0.717) is 24.2 Å². The molecule has 0 aliphatic carbocycles. The second-order valence-corrected chi connectivity index (χ2v) is 4.80. The molecule has 4 nitrogen and oxygen atoms in total. The fourth-order valence-corrected chi connectivity index (χ4v) is 1.92. The zero-order valence-corrected chi connectivity index (χ0v) is 11.4. The maximum atomic E-state index is 11.9. The summed E-state index contributed by atoms with van der Waals surface area (Å²) in [5.41, 5.74) is -0.0890. The maximum absolute atomic E-state index is 11.9. The van der Waals surface area contributed by atoms with Gasteiger partial charge in [0.2, 0.25) is 0 Å². The van der Waals surface area contributed by atoms with Crippen molar-refractivity contribution >= 4 is 17.4 Å². The Hall–Kier alpha value is -1.03. The van der Waals surface area contributed by atoms with Gasteiger partial charge in [0.15, 0.2) is 5.82 Å². The molecule has 0 aliphatic heterocycles. The van der Waals surface area contributed by atoms with Crippen molar-refractivity contribution in [1.29, 1.82) is 0 Å². The van der Waals surface area contributed by atoms with Crippen LogP contribution in [0.5, 0.6) is 0 Å². The SMILES string of the molecule is CCn1ccnc(NC(CCl)CC(C)C)c1=O. The first-order valence-corrected chi connectivity index (χ1v) is 6.49. The van der Waals surface area contributed by atoms with E-state index in [0.717, 1.165) is 6.42 Å². The first kappa shape index (κ1) is 14.0. The van der Waals surface area contributed by atoms with Crippen molar-refractivity contribution in [3.05, 3.63) is 22.7 Å². The van der Waals surface area contributed by atoms with Gasteiger partial charge in [0.25, 0.3) is 5.56 Å². The molecule has 1 atom stereocenters. The molecule has 0 fully saturated rings. The van der Waals surface area contributed by atoms with E-state index in [4.69, 9.17) is 11.6 Å². The van der Waals surface area contributed by atoms with Gasteiger partial charge in [0, 0.05) is 30.9 Å². The first-order chi connectivity index (χ1) is 8.08. The molecule has 96 valence electrons. The number of nitrogens with one attached hydrogen (secondary N) is 1. The van der Waals surface area contributed by atoms with Crippen LogP contribution >= 0.6 is 11.6 Å². The molecular formula is C12H20ClN3O. The Labute approximate surface area is 107 Å². The van der Waals surface area contributed by atoms with Crippen LogP contribution in [0.2, 0.25) is 0 Å². The minimum Gasteiger partial charge on any atom is -0.362 e. The molecule has 1 rings (SSSR count). The molecule has 0 radical (unpaired) electrons. The van der Waals surface area contributed by atoms with Crippen LogP contribution < -0.4 is 10.9 Å². The Balaban J connectivity index is 2.83. The van der Waals surface area contributed by atoms with Gasteiger partial charge >= 0.3 is 0 Å². The van der Waals surface area contributed by atoms with Crippen LogP contribution in [0, 0.1) is 5.92 Å². The monoisotopic (exact) mass is 257 g/mol. The Bertz CT molecular complexity index is 403. The second kappa shape index (κ2) is 6.64. The molecule has 5 heteroatoms. The summed E-state index contributed by atoms with van der Waals surface area (Å²) in [4.78, 5) is 16.0. The van der Waals surface area contributed by atoms with Crippen molar-refractivity contribution in [2.45, 2.75) is 39.8 Å². The molecule has 1 aromatic rings. The van der Waals surface area contributed by atoms with Gasteiger partial charge in [0.05, 0.1) is 0 Å². The average molecular weight is 258 g/mol. The van der Waals surface area contributed by atoms with E-state index in [2.05, 4.69) is 24.1 Å². The topological polar surface area (TPSA) is 46.9 Å². The lowest BCUT2D eigenvalue weighted by Gasteiger charge is -2.18. The molecule has 0 spiro atoms. The fourth-order valence-electron chi connectivity index (χ4n) is 1.72. The lowest BCUT2D eigenvalue weighted by molar-refractivity contribution is 0.540. The molecule has 1 aromatic heterocycles. The third-order valence-corrected chi connectivity index (χ3v) is 2.91. The number of hydrogen-bond acceptors (Lipinski definition) is 3. The van der Waals surface area contributed by atoms with Crippen LogP contribution in [0.1, 0.15) is 27.2 Å². The van der Waals surface area contributed by atoms with Gasteiger partial charge in [0.1, 0.15) is 0 Å². The molecule has 0 saturated heterocycles. The number of hydrogen-bond donors (Lipinski definition) is 1. The lowest BCUT2D eigenvalue weighted by atomic mass is 10.1. The summed E-state index contributed by atoms with van der Waals surface area (Å²) in [6.45, 7) is 6.83. The molecule has 1 N–H and O–H groups in total. The summed E-state index contributed by atoms with van der Waals surface area (Å²) in [5.74, 6) is 1.39. The van der Waals surface area contributed by atoms with Gasteiger partial charge in [-0.25, -0.2) is 4.98 Å². The van der Waals surface area contributed by atoms with Gasteiger partial charge in [-0.05, 0) is 19.3 Å². The highest BCUT2D eigenvalue weighted by Crippen LogP contribution is 2.09. The van der Waals surface area contributed by atoms with Gasteiger partial charge in [-0.3, -0.25) is 4.79 Å². The maximum Gasteiger partial charge on any atom is 0.293 e. The number of anilines is 1. The molecule has 0 aromatic carbocycles. The fraction of sp³-hybridized carbons (Fsp3) is 0.667. The summed E-state index contributed by atoms with van der Waals surface area (Å²) in [6, 6.07) is 0.0876. The van der Waals surface area contributed by atoms with E-state index >= 15 is 0 Å². The number of halogens is 1. The van der Waals surface area contributed by atoms with E-state index in [1.54, 1.807) is 17.0 Å². The Morgan fingerprint density at radius 2 is 2.24 bits per heavy atom. The number of rotatable bonds is 6. The second-order valence-electron chi connectivity index (χ2n) is 4.49. The lowest BCUT2D eigenvalue weighted by Crippen LogP contribution is -2.30. The Kier molecular flexibility index (Phi) is 5.48. The molecular weight excluding hydrogens is 238 g/mol. The minimum atomic E-state index is -0.0890. The van der Waals surface area contributed by atoms with E-state index in [1.807, 2.05) is 6.92 Å². The zero-order chi connectivity index (χ0) is 12.8. The first-order valence-electron chi connectivity index (χ1n) is 5.96. The van der Waals surface area contributed by atoms with Crippen LogP contribution in [0.15, 0.2) is 17.2 Å². The third kappa shape index (κ3) is 4.04. The average Bonchev–Trinajstić information content (AvgIpc) is 2.30. The van der Waals surface area contributed by atoms with Crippen LogP contribution in [0.4, 0.5) is 5.82 Å². The Morgan fingerprint density at radius 3 is 2.76 bits per heavy atom. The van der Waals surface area contributed by atoms with Crippen LogP contribution in [-0.4, -0.2) is 21.5 Å². The quantitative estimate of drug-likeness (QED) is 0.796. The molecule has 17 heavy (non-hydrogen) atoms. The van der Waals surface area contributed by atoms with Crippen molar-refractivity contribution in [2.75, 3.05) is 11.2 Å². The molecule has 1 heterocycles. The highest BCUT2D eigenvalue weighted by atomic mass is 35.5. The molecule has 0 amide bonds. The number of aryl methyl sites for hydroxylation is 1. The molecule has 0 bridgehead atoms. The smallest absolute Gasteiger partial charge is 0.293 e. The van der Waals surface area contributed by atoms with Gasteiger partial charge in [-0.2, -0.15) is 0 Å². The van der Waals surface area contributed by atoms with Crippen LogP contribution in [-0.2, 0) is 6.54 Å². The summed E-state index contributed by atoms with van der Waals surface area (Å²) in [7, 11) is 0. The molecule has 0 saturated carbocycles.